The van der Waals surface area contributed by atoms with E-state index in [4.69, 9.17) is 9.47 Å². The van der Waals surface area contributed by atoms with Crippen LogP contribution in [0, 0.1) is 5.92 Å². The maximum Gasteiger partial charge on any atom is 0.269 e. The first-order chi connectivity index (χ1) is 23.0. The lowest BCUT2D eigenvalue weighted by molar-refractivity contribution is -0.145. The minimum Gasteiger partial charge on any atom is -0.482 e. The number of nitrogens with zero attached hydrogens (tertiary/aromatic N) is 5. The minimum absolute atomic E-state index is 0.103. The van der Waals surface area contributed by atoms with Gasteiger partial charge in [0.15, 0.2) is 20.5 Å². The van der Waals surface area contributed by atoms with Gasteiger partial charge < -0.3 is 24.3 Å². The van der Waals surface area contributed by atoms with Gasteiger partial charge in [0.2, 0.25) is 0 Å². The van der Waals surface area contributed by atoms with Crippen LogP contribution < -0.4 is 14.5 Å². The summed E-state index contributed by atoms with van der Waals surface area (Å²) >= 11 is 0. The first-order valence-electron chi connectivity index (χ1n) is 16.2. The number of rotatable bonds is 9. The van der Waals surface area contributed by atoms with Gasteiger partial charge in [-0.1, -0.05) is 60.7 Å². The molecule has 0 unspecified atom stereocenters. The molecule has 3 aliphatic heterocycles. The van der Waals surface area contributed by atoms with Gasteiger partial charge in [0, 0.05) is 35.8 Å². The molecule has 3 aliphatic rings. The third-order valence-electron chi connectivity index (χ3n) is 9.84. The van der Waals surface area contributed by atoms with Crippen molar-refractivity contribution in [3.05, 3.63) is 108 Å². The van der Waals surface area contributed by atoms with Gasteiger partial charge in [0.25, 0.3) is 11.8 Å². The molecular formula is C36H39N5O6Si. The Hall–Kier alpha value is -4.62. The van der Waals surface area contributed by atoms with Crippen molar-refractivity contribution in [3.8, 4) is 5.75 Å². The number of benzene rings is 3. The second kappa shape index (κ2) is 12.1. The van der Waals surface area contributed by atoms with Crippen LogP contribution in [-0.2, 0) is 26.5 Å². The molecule has 5 atom stereocenters. The van der Waals surface area contributed by atoms with E-state index in [0.29, 0.717) is 47.0 Å². The quantitative estimate of drug-likeness (QED) is 0.192. The Bertz CT molecular complexity index is 1880. The molecule has 48 heavy (non-hydrogen) atoms. The lowest BCUT2D eigenvalue weighted by atomic mass is 9.82. The van der Waals surface area contributed by atoms with Crippen LogP contribution in [0.5, 0.6) is 5.75 Å². The number of ether oxygens (including phenoxy) is 2. The van der Waals surface area contributed by atoms with E-state index in [1.807, 2.05) is 92.8 Å². The number of para-hydroxylation sites is 2. The number of hydrogen-bond acceptors (Lipinski definition) is 8. The van der Waals surface area contributed by atoms with E-state index in [1.165, 1.54) is 0 Å². The predicted octanol–water partition coefficient (Wildman–Crippen LogP) is 4.84. The van der Waals surface area contributed by atoms with Gasteiger partial charge in [0.05, 0.1) is 23.7 Å². The summed E-state index contributed by atoms with van der Waals surface area (Å²) in [4.78, 5) is 42.8. The Morgan fingerprint density at radius 3 is 2.58 bits per heavy atom. The van der Waals surface area contributed by atoms with Gasteiger partial charge in [-0.3, -0.25) is 19.2 Å². The first-order valence-corrected chi connectivity index (χ1v) is 19.2. The van der Waals surface area contributed by atoms with Crippen molar-refractivity contribution < 1.29 is 29.0 Å². The average molecular weight is 666 g/mol. The Morgan fingerprint density at radius 2 is 1.83 bits per heavy atom. The van der Waals surface area contributed by atoms with E-state index < -0.39 is 26.1 Å². The number of aliphatic hydroxyl groups is 1. The molecule has 1 aromatic heterocycles. The Kier molecular flexibility index (Phi) is 8.07. The molecule has 2 N–H and O–H groups in total. The highest BCUT2D eigenvalue weighted by Crippen LogP contribution is 2.60. The normalized spacial score (nSPS) is 24.1. The van der Waals surface area contributed by atoms with Crippen LogP contribution in [0.25, 0.3) is 0 Å². The zero-order valence-corrected chi connectivity index (χ0v) is 28.2. The van der Waals surface area contributed by atoms with Crippen molar-refractivity contribution in [2.24, 2.45) is 5.92 Å². The number of anilines is 3. The van der Waals surface area contributed by atoms with Crippen molar-refractivity contribution in [2.45, 2.75) is 56.3 Å². The van der Waals surface area contributed by atoms with E-state index in [0.717, 1.165) is 5.56 Å². The number of aliphatic hydroxyl groups excluding tert-OH is 1. The Labute approximate surface area is 280 Å². The number of fused-ring (bicyclic) bond motifs is 3. The van der Waals surface area contributed by atoms with Crippen LogP contribution in [0.2, 0.25) is 18.6 Å². The molecule has 1 fully saturated rings. The zero-order valence-electron chi connectivity index (χ0n) is 27.2. The van der Waals surface area contributed by atoms with Crippen molar-refractivity contribution in [3.63, 3.8) is 0 Å². The minimum atomic E-state index is -2.92. The third kappa shape index (κ3) is 5.16. The van der Waals surface area contributed by atoms with Gasteiger partial charge in [-0.15, -0.1) is 11.7 Å². The Balaban J connectivity index is 1.24. The van der Waals surface area contributed by atoms with Gasteiger partial charge in [-0.25, -0.2) is 0 Å². The molecule has 248 valence electrons. The fourth-order valence-electron chi connectivity index (χ4n) is 7.78. The highest BCUT2D eigenvalue weighted by Gasteiger charge is 2.66. The molecule has 2 amide bonds. The molecule has 0 aliphatic carbocycles. The van der Waals surface area contributed by atoms with Crippen LogP contribution in [0.15, 0.2) is 91.6 Å². The van der Waals surface area contributed by atoms with E-state index in [-0.39, 0.29) is 36.4 Å². The second-order valence-corrected chi connectivity index (χ2v) is 17.2. The monoisotopic (exact) mass is 665 g/mol. The van der Waals surface area contributed by atoms with Crippen LogP contribution in [0.3, 0.4) is 0 Å². The summed E-state index contributed by atoms with van der Waals surface area (Å²) in [5.74, 6) is -0.220. The van der Waals surface area contributed by atoms with Crippen LogP contribution in [-0.4, -0.2) is 64.3 Å². The maximum absolute atomic E-state index is 14.6. The smallest absolute Gasteiger partial charge is 0.269 e. The molecule has 0 bridgehead atoms. The molecular weight excluding hydrogens is 627 g/mol. The van der Waals surface area contributed by atoms with Gasteiger partial charge in [0.1, 0.15) is 17.5 Å². The molecule has 7 rings (SSSR count). The summed E-state index contributed by atoms with van der Waals surface area (Å²) in [5, 5.41) is 19.3. The summed E-state index contributed by atoms with van der Waals surface area (Å²) in [6.45, 7) is 10.2. The van der Waals surface area contributed by atoms with Crippen molar-refractivity contribution >= 4 is 37.2 Å². The molecule has 4 heterocycles. The topological polar surface area (TPSA) is 130 Å². The average Bonchev–Trinajstić information content (AvgIpc) is 3.74. The van der Waals surface area contributed by atoms with Crippen LogP contribution >= 0.6 is 0 Å². The third-order valence-corrected chi connectivity index (χ3v) is 12.3. The largest absolute Gasteiger partial charge is 0.482 e. The summed E-state index contributed by atoms with van der Waals surface area (Å²) in [6.07, 6.45) is 2.46. The fourth-order valence-corrected chi connectivity index (χ4v) is 10.4. The Morgan fingerprint density at radius 1 is 1.08 bits per heavy atom. The van der Waals surface area contributed by atoms with Crippen molar-refractivity contribution in [2.75, 3.05) is 23.0 Å². The number of hydrogen-bond donors (Lipinski definition) is 2. The van der Waals surface area contributed by atoms with E-state index >= 15 is 0 Å². The van der Waals surface area contributed by atoms with Crippen molar-refractivity contribution in [1.29, 1.82) is 0 Å². The van der Waals surface area contributed by atoms with Gasteiger partial charge in [-0.2, -0.15) is 0 Å². The van der Waals surface area contributed by atoms with Crippen LogP contribution in [0.1, 0.15) is 36.3 Å². The zero-order chi connectivity index (χ0) is 33.8. The molecule has 0 saturated carbocycles. The second-order valence-electron chi connectivity index (χ2n) is 13.3. The first kappa shape index (κ1) is 31.9. The van der Waals surface area contributed by atoms with Crippen LogP contribution in [0.4, 0.5) is 17.1 Å². The standard InChI is InChI=1S/C36H39N5O6Si/c1-5-18-40-28-16-15-25(41-29-13-9-10-14-30(29)46-22-32(41)42)20-26(28)36(35(40)44)23(2)34(48(3,4)45)31(47-36)17-19-39-21-27(37-38-39)33(43)24-11-7-6-8-12-24/h5-16,20-21,23,31,33-34,43,45H,1,17-19,22H2,2-4H3/t23-,31+,33-,34-,36+/m1/s1. The summed E-state index contributed by atoms with van der Waals surface area (Å²) in [7, 11) is -2.92. The summed E-state index contributed by atoms with van der Waals surface area (Å²) in [6, 6.07) is 22.2. The fraction of sp³-hybridized carbons (Fsp3) is 0.333. The number of aromatic nitrogens is 3. The van der Waals surface area contributed by atoms with E-state index in [9.17, 15) is 19.5 Å². The molecule has 1 saturated heterocycles. The lowest BCUT2D eigenvalue weighted by Crippen LogP contribution is -2.46. The number of amides is 2. The molecule has 11 nitrogen and oxygen atoms in total. The summed E-state index contributed by atoms with van der Waals surface area (Å²) in [5.41, 5.74) is 2.04. The van der Waals surface area contributed by atoms with Crippen molar-refractivity contribution in [1.82, 2.24) is 15.0 Å². The maximum atomic E-state index is 14.6. The van der Waals surface area contributed by atoms with Gasteiger partial charge in [-0.05, 0) is 55.4 Å². The highest BCUT2D eigenvalue weighted by atomic mass is 28.4. The highest BCUT2D eigenvalue weighted by molar-refractivity contribution is 6.71. The predicted molar refractivity (Wildman–Crippen MR) is 182 cm³/mol. The molecule has 3 aromatic carbocycles. The van der Waals surface area contributed by atoms with E-state index in [2.05, 4.69) is 16.9 Å². The van der Waals surface area contributed by atoms with Gasteiger partial charge >= 0.3 is 0 Å². The molecule has 12 heteroatoms. The SMILES string of the molecule is C=CCN1C(=O)[C@@]2(O[C@@H](CCn3cc([C@H](O)c4ccccc4)nn3)[C@H]([Si](C)(C)O)[C@H]2C)c2cc(N3C(=O)COc4ccccc43)ccc21. The summed E-state index contributed by atoms with van der Waals surface area (Å²) < 4.78 is 14.3. The number of carbonyl (C=O) groups excluding carboxylic acids is 2. The molecule has 0 radical (unpaired) electrons. The molecule has 1 spiro atoms. The van der Waals surface area contributed by atoms with E-state index in [1.54, 1.807) is 26.8 Å². The number of aryl methyl sites for hydroxylation is 1. The lowest BCUT2D eigenvalue weighted by Gasteiger charge is -2.33. The molecule has 4 aromatic rings. The number of carbonyl (C=O) groups is 2.